The molecule has 3 rings (SSSR count). The minimum absolute atomic E-state index is 0.00684. The Balaban J connectivity index is 2.28. The van der Waals surface area contributed by atoms with Gasteiger partial charge in [0.1, 0.15) is 0 Å². The van der Waals surface area contributed by atoms with Crippen LogP contribution in [0.2, 0.25) is 0 Å². The highest BCUT2D eigenvalue weighted by Crippen LogP contribution is 2.19. The van der Waals surface area contributed by atoms with Crippen LogP contribution in [0.15, 0.2) is 48.7 Å². The molecule has 4 nitrogen and oxygen atoms in total. The number of fused-ring (bicyclic) bond motifs is 1. The zero-order chi connectivity index (χ0) is 12.5. The highest BCUT2D eigenvalue weighted by atomic mass is 16.1. The lowest BCUT2D eigenvalue weighted by Gasteiger charge is -2.01. The number of carbonyl (C=O) groups excluding carboxylic acids is 1. The number of hydrogen-bond donors (Lipinski definition) is 0. The molecule has 18 heavy (non-hydrogen) atoms. The Hall–Kier alpha value is -2.49. The lowest BCUT2D eigenvalue weighted by atomic mass is 10.2. The first-order chi connectivity index (χ1) is 8.77. The smallest absolute Gasteiger partial charge is 0.171 e. The summed E-state index contributed by atoms with van der Waals surface area (Å²) >= 11 is 0. The van der Waals surface area contributed by atoms with E-state index in [0.29, 0.717) is 11.2 Å². The van der Waals surface area contributed by atoms with Gasteiger partial charge in [0, 0.05) is 11.8 Å². The van der Waals surface area contributed by atoms with Gasteiger partial charge in [-0.25, -0.2) is 0 Å². The van der Waals surface area contributed by atoms with Crippen LogP contribution in [0.1, 0.15) is 17.3 Å². The molecule has 0 spiro atoms. The Morgan fingerprint density at radius 1 is 1.06 bits per heavy atom. The molecule has 2 aromatic heterocycles. The maximum absolute atomic E-state index is 11.5. The van der Waals surface area contributed by atoms with Crippen LogP contribution in [0.5, 0.6) is 0 Å². The Kier molecular flexibility index (Phi) is 2.41. The number of aromatic nitrogens is 3. The summed E-state index contributed by atoms with van der Waals surface area (Å²) in [5.74, 6) is 0.737. The number of Topliss-reactive ketones (excluding diaryl/α,β-unsaturated/α-hetero) is 1. The highest BCUT2D eigenvalue weighted by Gasteiger charge is 2.12. The van der Waals surface area contributed by atoms with E-state index in [1.165, 1.54) is 6.92 Å². The van der Waals surface area contributed by atoms with Gasteiger partial charge in [0.25, 0.3) is 0 Å². The molecular formula is C14H11N3O. The molecule has 0 saturated carbocycles. The van der Waals surface area contributed by atoms with Gasteiger partial charge in [-0.3, -0.25) is 9.20 Å². The molecule has 0 unspecified atom stereocenters. The molecule has 0 aliphatic heterocycles. The van der Waals surface area contributed by atoms with Crippen molar-refractivity contribution in [3.05, 3.63) is 54.2 Å². The quantitative estimate of drug-likeness (QED) is 0.643. The molecular weight excluding hydrogens is 226 g/mol. The molecule has 3 aromatic rings. The van der Waals surface area contributed by atoms with Crippen LogP contribution in [-0.2, 0) is 0 Å². The fraction of sp³-hybridized carbons (Fsp3) is 0.0714. The van der Waals surface area contributed by atoms with Crippen molar-refractivity contribution in [1.82, 2.24) is 14.6 Å². The topological polar surface area (TPSA) is 47.3 Å². The maximum atomic E-state index is 11.5. The summed E-state index contributed by atoms with van der Waals surface area (Å²) in [5.41, 5.74) is 2.17. The number of pyridine rings is 1. The third kappa shape index (κ3) is 1.59. The van der Waals surface area contributed by atoms with Crippen molar-refractivity contribution in [2.75, 3.05) is 0 Å². The van der Waals surface area contributed by atoms with Gasteiger partial charge in [0.15, 0.2) is 17.3 Å². The highest BCUT2D eigenvalue weighted by molar-refractivity contribution is 5.99. The van der Waals surface area contributed by atoms with E-state index in [-0.39, 0.29) is 5.78 Å². The van der Waals surface area contributed by atoms with Crippen LogP contribution < -0.4 is 0 Å². The third-order valence-corrected chi connectivity index (χ3v) is 2.85. The van der Waals surface area contributed by atoms with Crippen molar-refractivity contribution in [3.8, 4) is 11.4 Å². The fourth-order valence-corrected chi connectivity index (χ4v) is 1.97. The maximum Gasteiger partial charge on any atom is 0.171 e. The standard InChI is InChI=1S/C14H11N3O/c1-10(18)12-8-5-9-17-13(15-16-14(12)17)11-6-3-2-4-7-11/h2-9H,1H3. The summed E-state index contributed by atoms with van der Waals surface area (Å²) in [6.45, 7) is 1.53. The van der Waals surface area contributed by atoms with E-state index in [0.717, 1.165) is 11.4 Å². The zero-order valence-electron chi connectivity index (χ0n) is 9.87. The largest absolute Gasteiger partial charge is 0.294 e. The van der Waals surface area contributed by atoms with Crippen LogP contribution in [0, 0.1) is 0 Å². The average Bonchev–Trinajstić information content (AvgIpc) is 2.83. The van der Waals surface area contributed by atoms with Crippen molar-refractivity contribution < 1.29 is 4.79 Å². The molecule has 88 valence electrons. The number of nitrogens with zero attached hydrogens (tertiary/aromatic N) is 3. The minimum atomic E-state index is -0.00684. The van der Waals surface area contributed by atoms with Crippen molar-refractivity contribution >= 4 is 11.4 Å². The van der Waals surface area contributed by atoms with Crippen LogP contribution in [0.3, 0.4) is 0 Å². The van der Waals surface area contributed by atoms with Gasteiger partial charge in [-0.1, -0.05) is 30.3 Å². The van der Waals surface area contributed by atoms with E-state index < -0.39 is 0 Å². The van der Waals surface area contributed by atoms with Gasteiger partial charge in [0.2, 0.25) is 0 Å². The van der Waals surface area contributed by atoms with E-state index in [1.807, 2.05) is 47.0 Å². The van der Waals surface area contributed by atoms with Crippen molar-refractivity contribution in [3.63, 3.8) is 0 Å². The third-order valence-electron chi connectivity index (χ3n) is 2.85. The van der Waals surface area contributed by atoms with Gasteiger partial charge in [0.05, 0.1) is 5.56 Å². The zero-order valence-corrected chi connectivity index (χ0v) is 9.87. The fourth-order valence-electron chi connectivity index (χ4n) is 1.97. The molecule has 1 aromatic carbocycles. The number of benzene rings is 1. The normalized spacial score (nSPS) is 10.7. The predicted octanol–water partition coefficient (Wildman–Crippen LogP) is 2.60. The van der Waals surface area contributed by atoms with Gasteiger partial charge in [-0.05, 0) is 19.1 Å². The summed E-state index contributed by atoms with van der Waals surface area (Å²) in [6, 6.07) is 13.4. The first-order valence-electron chi connectivity index (χ1n) is 5.67. The summed E-state index contributed by atoms with van der Waals surface area (Å²) in [4.78, 5) is 11.5. The first kappa shape index (κ1) is 10.7. The predicted molar refractivity (Wildman–Crippen MR) is 68.4 cm³/mol. The van der Waals surface area contributed by atoms with Crippen molar-refractivity contribution in [2.24, 2.45) is 0 Å². The van der Waals surface area contributed by atoms with E-state index in [4.69, 9.17) is 0 Å². The van der Waals surface area contributed by atoms with E-state index in [1.54, 1.807) is 6.07 Å². The molecule has 2 heterocycles. The van der Waals surface area contributed by atoms with Crippen LogP contribution >= 0.6 is 0 Å². The van der Waals surface area contributed by atoms with Gasteiger partial charge >= 0.3 is 0 Å². The van der Waals surface area contributed by atoms with Gasteiger partial charge in [-0.2, -0.15) is 0 Å². The summed E-state index contributed by atoms with van der Waals surface area (Å²) in [7, 11) is 0. The van der Waals surface area contributed by atoms with E-state index in [2.05, 4.69) is 10.2 Å². The second-order valence-electron chi connectivity index (χ2n) is 4.06. The van der Waals surface area contributed by atoms with Crippen molar-refractivity contribution in [2.45, 2.75) is 6.92 Å². The first-order valence-corrected chi connectivity index (χ1v) is 5.67. The number of carbonyl (C=O) groups is 1. The molecule has 0 N–H and O–H groups in total. The molecule has 0 amide bonds. The minimum Gasteiger partial charge on any atom is -0.294 e. The second-order valence-corrected chi connectivity index (χ2v) is 4.06. The molecule has 0 atom stereocenters. The summed E-state index contributed by atoms with van der Waals surface area (Å²) < 4.78 is 1.84. The van der Waals surface area contributed by atoms with Gasteiger partial charge < -0.3 is 0 Å². The average molecular weight is 237 g/mol. The van der Waals surface area contributed by atoms with E-state index in [9.17, 15) is 4.79 Å². The molecule has 0 bridgehead atoms. The lowest BCUT2D eigenvalue weighted by molar-refractivity contribution is 0.101. The van der Waals surface area contributed by atoms with E-state index >= 15 is 0 Å². The molecule has 0 radical (unpaired) electrons. The Morgan fingerprint density at radius 3 is 2.56 bits per heavy atom. The molecule has 4 heteroatoms. The SMILES string of the molecule is CC(=O)c1cccn2c(-c3ccccc3)nnc12. The number of hydrogen-bond acceptors (Lipinski definition) is 3. The summed E-state index contributed by atoms with van der Waals surface area (Å²) in [6.07, 6.45) is 1.87. The van der Waals surface area contributed by atoms with Crippen LogP contribution in [-0.4, -0.2) is 20.4 Å². The number of ketones is 1. The van der Waals surface area contributed by atoms with Crippen molar-refractivity contribution in [1.29, 1.82) is 0 Å². The Bertz CT molecular complexity index is 716. The monoisotopic (exact) mass is 237 g/mol. The second kappa shape index (κ2) is 4.07. The molecule has 0 fully saturated rings. The van der Waals surface area contributed by atoms with Crippen LogP contribution in [0.25, 0.3) is 17.0 Å². The van der Waals surface area contributed by atoms with Crippen LogP contribution in [0.4, 0.5) is 0 Å². The molecule has 0 aliphatic carbocycles. The summed E-state index contributed by atoms with van der Waals surface area (Å²) in [5, 5.41) is 8.28. The molecule has 0 aliphatic rings. The Morgan fingerprint density at radius 2 is 1.83 bits per heavy atom. The van der Waals surface area contributed by atoms with Gasteiger partial charge in [-0.15, -0.1) is 10.2 Å². The molecule has 0 saturated heterocycles. The lowest BCUT2D eigenvalue weighted by Crippen LogP contribution is -1.97. The Labute approximate surface area is 104 Å². The number of rotatable bonds is 2.